The van der Waals surface area contributed by atoms with Gasteiger partial charge < -0.3 is 14.6 Å². The Morgan fingerprint density at radius 3 is 2.86 bits per heavy atom. The van der Waals surface area contributed by atoms with Crippen molar-refractivity contribution in [3.63, 3.8) is 0 Å². The molecule has 2 aliphatic heterocycles. The van der Waals surface area contributed by atoms with Crippen molar-refractivity contribution >= 4 is 11.9 Å². The summed E-state index contributed by atoms with van der Waals surface area (Å²) >= 11 is 0. The second kappa shape index (κ2) is 8.29. The Labute approximate surface area is 171 Å². The molecule has 0 aliphatic carbocycles. The zero-order valence-corrected chi connectivity index (χ0v) is 17.0. The maximum Gasteiger partial charge on any atom is 0.231 e. The summed E-state index contributed by atoms with van der Waals surface area (Å²) in [6.07, 6.45) is 5.25. The van der Waals surface area contributed by atoms with Gasteiger partial charge in [0, 0.05) is 18.2 Å². The number of phenols is 1. The molecule has 1 fully saturated rings. The molecule has 29 heavy (non-hydrogen) atoms. The molecule has 0 spiro atoms. The number of allylic oxidation sites excluding steroid dienone is 1. The molecule has 1 N–H and O–H groups in total. The van der Waals surface area contributed by atoms with Crippen LogP contribution < -0.4 is 9.47 Å². The van der Waals surface area contributed by atoms with Crippen LogP contribution >= 0.6 is 0 Å². The van der Waals surface area contributed by atoms with Gasteiger partial charge in [0.25, 0.3) is 0 Å². The number of phenolic OH excluding ortho intramolecular Hbond substituents is 1. The third-order valence-corrected chi connectivity index (χ3v) is 5.72. The minimum Gasteiger partial charge on any atom is -0.507 e. The quantitative estimate of drug-likeness (QED) is 0.741. The molecule has 0 unspecified atom stereocenters. The van der Waals surface area contributed by atoms with Gasteiger partial charge in [0.2, 0.25) is 5.78 Å². The number of nitrogens with zero attached hydrogens (tertiary/aromatic N) is 1. The second-order valence-corrected chi connectivity index (χ2v) is 7.67. The van der Waals surface area contributed by atoms with E-state index in [1.807, 2.05) is 31.2 Å². The van der Waals surface area contributed by atoms with E-state index in [4.69, 9.17) is 9.47 Å². The van der Waals surface area contributed by atoms with E-state index in [9.17, 15) is 9.90 Å². The fraction of sp³-hybridized carbons (Fsp3) is 0.375. The summed E-state index contributed by atoms with van der Waals surface area (Å²) in [4.78, 5) is 15.3. The van der Waals surface area contributed by atoms with Gasteiger partial charge in [-0.3, -0.25) is 9.69 Å². The van der Waals surface area contributed by atoms with Crippen molar-refractivity contribution < 1.29 is 19.4 Å². The van der Waals surface area contributed by atoms with Gasteiger partial charge in [-0.05, 0) is 57.5 Å². The Balaban J connectivity index is 1.66. The zero-order valence-electron chi connectivity index (χ0n) is 17.0. The lowest BCUT2D eigenvalue weighted by Gasteiger charge is -2.33. The van der Waals surface area contributed by atoms with E-state index < -0.39 is 0 Å². The molecule has 2 aliphatic rings. The molecule has 0 bridgehead atoms. The van der Waals surface area contributed by atoms with Crippen molar-refractivity contribution in [3.05, 3.63) is 58.8 Å². The van der Waals surface area contributed by atoms with Gasteiger partial charge in [-0.1, -0.05) is 24.6 Å². The maximum atomic E-state index is 13.0. The van der Waals surface area contributed by atoms with E-state index in [1.54, 1.807) is 18.2 Å². The molecule has 1 atom stereocenters. The highest BCUT2D eigenvalue weighted by Gasteiger charge is 2.32. The molecular weight excluding hydrogens is 366 g/mol. The van der Waals surface area contributed by atoms with Crippen molar-refractivity contribution in [3.8, 4) is 17.2 Å². The standard InChI is InChI=1S/C24H27NO4/c1-3-28-21-10-5-4-9-17(21)14-22-23(27)18-11-12-20(26)19(24(18)29-22)15-25-13-7-6-8-16(25)2/h4-5,9-12,14,16,26H,3,6-8,13,15H2,1-2H3/t16-/m1/s1. The molecule has 2 aromatic rings. The molecular formula is C24H27NO4. The number of ketones is 1. The van der Waals surface area contributed by atoms with Crippen LogP contribution in [0.4, 0.5) is 0 Å². The van der Waals surface area contributed by atoms with Crippen LogP contribution in [0.25, 0.3) is 6.08 Å². The minimum atomic E-state index is -0.167. The van der Waals surface area contributed by atoms with E-state index >= 15 is 0 Å². The van der Waals surface area contributed by atoms with Crippen molar-refractivity contribution in [2.45, 2.75) is 45.7 Å². The highest BCUT2D eigenvalue weighted by molar-refractivity contribution is 6.15. The van der Waals surface area contributed by atoms with Gasteiger partial charge in [0.1, 0.15) is 17.2 Å². The van der Waals surface area contributed by atoms with E-state index in [-0.39, 0.29) is 17.3 Å². The largest absolute Gasteiger partial charge is 0.507 e. The second-order valence-electron chi connectivity index (χ2n) is 7.67. The lowest BCUT2D eigenvalue weighted by Crippen LogP contribution is -2.36. The SMILES string of the molecule is CCOc1ccccc1C=C1Oc2c(ccc(O)c2CN2CCCC[C@H]2C)C1=O. The van der Waals surface area contributed by atoms with Gasteiger partial charge in [-0.15, -0.1) is 0 Å². The minimum absolute atomic E-state index is 0.167. The predicted octanol–water partition coefficient (Wildman–Crippen LogP) is 4.78. The predicted molar refractivity (Wildman–Crippen MR) is 112 cm³/mol. The number of rotatable bonds is 5. The molecule has 1 saturated heterocycles. The van der Waals surface area contributed by atoms with Crippen LogP contribution in [0.2, 0.25) is 0 Å². The number of ether oxygens (including phenoxy) is 2. The summed E-state index contributed by atoms with van der Waals surface area (Å²) in [7, 11) is 0. The first-order valence-electron chi connectivity index (χ1n) is 10.3. The van der Waals surface area contributed by atoms with E-state index in [1.165, 1.54) is 6.42 Å². The van der Waals surface area contributed by atoms with Crippen LogP contribution in [0.3, 0.4) is 0 Å². The number of para-hydroxylation sites is 1. The highest BCUT2D eigenvalue weighted by Crippen LogP contribution is 2.41. The third kappa shape index (κ3) is 3.87. The van der Waals surface area contributed by atoms with Crippen molar-refractivity contribution in [2.24, 2.45) is 0 Å². The molecule has 4 rings (SSSR count). The average molecular weight is 393 g/mol. The molecule has 0 aromatic heterocycles. The summed E-state index contributed by atoms with van der Waals surface area (Å²) < 4.78 is 11.7. The molecule has 2 aromatic carbocycles. The number of likely N-dealkylation sites (tertiary alicyclic amines) is 1. The zero-order chi connectivity index (χ0) is 20.4. The van der Waals surface area contributed by atoms with Gasteiger partial charge in [-0.25, -0.2) is 0 Å². The van der Waals surface area contributed by atoms with Crippen LogP contribution in [0, 0.1) is 0 Å². The molecule has 2 heterocycles. The van der Waals surface area contributed by atoms with Crippen molar-refractivity contribution in [2.75, 3.05) is 13.2 Å². The number of fused-ring (bicyclic) bond motifs is 1. The monoisotopic (exact) mass is 393 g/mol. The first-order valence-corrected chi connectivity index (χ1v) is 10.3. The van der Waals surface area contributed by atoms with Crippen LogP contribution in [-0.2, 0) is 6.54 Å². The molecule has 152 valence electrons. The molecule has 0 radical (unpaired) electrons. The number of benzene rings is 2. The average Bonchev–Trinajstić information content (AvgIpc) is 3.03. The maximum absolute atomic E-state index is 13.0. The highest BCUT2D eigenvalue weighted by atomic mass is 16.5. The fourth-order valence-electron chi connectivity index (χ4n) is 4.07. The van der Waals surface area contributed by atoms with Crippen LogP contribution in [0.15, 0.2) is 42.2 Å². The summed E-state index contributed by atoms with van der Waals surface area (Å²) in [5.74, 6) is 1.45. The first kappa shape index (κ1) is 19.5. The van der Waals surface area contributed by atoms with Gasteiger partial charge in [0.15, 0.2) is 5.76 Å². The number of carbonyl (C=O) groups is 1. The van der Waals surface area contributed by atoms with Gasteiger partial charge in [-0.2, -0.15) is 0 Å². The molecule has 5 nitrogen and oxygen atoms in total. The van der Waals surface area contributed by atoms with Crippen LogP contribution in [0.5, 0.6) is 17.2 Å². The van der Waals surface area contributed by atoms with Crippen molar-refractivity contribution in [1.82, 2.24) is 4.90 Å². The van der Waals surface area contributed by atoms with Crippen molar-refractivity contribution in [1.29, 1.82) is 0 Å². The number of piperidine rings is 1. The third-order valence-electron chi connectivity index (χ3n) is 5.72. The Bertz CT molecular complexity index is 950. The number of hydrogen-bond donors (Lipinski definition) is 1. The fourth-order valence-corrected chi connectivity index (χ4v) is 4.07. The first-order chi connectivity index (χ1) is 14.1. The number of carbonyl (C=O) groups excluding carboxylic acids is 1. The summed E-state index contributed by atoms with van der Waals surface area (Å²) in [6, 6.07) is 11.3. The number of hydrogen-bond acceptors (Lipinski definition) is 5. The Kier molecular flexibility index (Phi) is 5.58. The summed E-state index contributed by atoms with van der Waals surface area (Å²) in [5.41, 5.74) is 1.98. The Hall–Kier alpha value is -2.79. The Morgan fingerprint density at radius 1 is 1.24 bits per heavy atom. The Morgan fingerprint density at radius 2 is 2.07 bits per heavy atom. The number of aromatic hydroxyl groups is 1. The topological polar surface area (TPSA) is 59.0 Å². The lowest BCUT2D eigenvalue weighted by molar-refractivity contribution is 0.101. The smallest absolute Gasteiger partial charge is 0.231 e. The molecule has 0 saturated carbocycles. The van der Waals surface area contributed by atoms with Gasteiger partial charge >= 0.3 is 0 Å². The molecule has 5 heteroatoms. The van der Waals surface area contributed by atoms with E-state index in [0.717, 1.165) is 24.9 Å². The number of Topliss-reactive ketones (excluding diaryl/α,β-unsaturated/α-hetero) is 1. The summed E-state index contributed by atoms with van der Waals surface area (Å²) in [6.45, 7) is 6.24. The van der Waals surface area contributed by atoms with E-state index in [2.05, 4.69) is 11.8 Å². The van der Waals surface area contributed by atoms with Crippen LogP contribution in [0.1, 0.15) is 54.6 Å². The van der Waals surface area contributed by atoms with Gasteiger partial charge in [0.05, 0.1) is 17.7 Å². The lowest BCUT2D eigenvalue weighted by atomic mass is 10.0. The van der Waals surface area contributed by atoms with E-state index in [0.29, 0.717) is 41.8 Å². The van der Waals surface area contributed by atoms with Crippen LogP contribution in [-0.4, -0.2) is 35.0 Å². The normalized spacial score (nSPS) is 20.6. The molecule has 0 amide bonds. The summed E-state index contributed by atoms with van der Waals surface area (Å²) in [5, 5.41) is 10.5.